The smallest absolute Gasteiger partial charge is 0.169 e. The van der Waals surface area contributed by atoms with E-state index in [0.717, 1.165) is 66.8 Å². The van der Waals surface area contributed by atoms with Crippen molar-refractivity contribution < 1.29 is 18.7 Å². The minimum absolute atomic E-state index is 0.0574. The summed E-state index contributed by atoms with van der Waals surface area (Å²) in [6.07, 6.45) is 8.20. The molecule has 2 aromatic heterocycles. The minimum atomic E-state index is 0.0574. The Balaban J connectivity index is 1.28. The van der Waals surface area contributed by atoms with Crippen LogP contribution in [0.15, 0.2) is 99.8 Å². The molecule has 4 nitrogen and oxygen atoms in total. The maximum absolute atomic E-state index is 10.6. The Bertz CT molecular complexity index is 1910. The van der Waals surface area contributed by atoms with E-state index in [4.69, 9.17) is 13.6 Å². The SMILES string of the molecule is CC=Cc1ccc2oc(-c3ccc(Oc4cc(-c5oc6ccc(C=CC)cc6c5C)ccc4O)cc3)c(C)c2c1. The molecule has 4 heteroatoms. The van der Waals surface area contributed by atoms with E-state index in [1.54, 1.807) is 6.07 Å². The zero-order valence-corrected chi connectivity index (χ0v) is 23.0. The molecule has 0 bridgehead atoms. The first kappa shape index (κ1) is 25.3. The van der Waals surface area contributed by atoms with Gasteiger partial charge in [0.15, 0.2) is 11.5 Å². The predicted molar refractivity (Wildman–Crippen MR) is 164 cm³/mol. The lowest BCUT2D eigenvalue weighted by Gasteiger charge is -2.10. The number of aryl methyl sites for hydroxylation is 2. The fourth-order valence-electron chi connectivity index (χ4n) is 5.16. The summed E-state index contributed by atoms with van der Waals surface area (Å²) in [5.41, 5.74) is 7.89. The molecule has 40 heavy (non-hydrogen) atoms. The van der Waals surface area contributed by atoms with E-state index in [-0.39, 0.29) is 5.75 Å². The lowest BCUT2D eigenvalue weighted by molar-refractivity contribution is 0.411. The van der Waals surface area contributed by atoms with Crippen LogP contribution < -0.4 is 4.74 Å². The highest BCUT2D eigenvalue weighted by molar-refractivity contribution is 5.90. The van der Waals surface area contributed by atoms with Crippen LogP contribution in [0.4, 0.5) is 0 Å². The number of hydrogen-bond acceptors (Lipinski definition) is 4. The second kappa shape index (κ2) is 10.3. The molecule has 6 aromatic rings. The molecule has 0 spiro atoms. The summed E-state index contributed by atoms with van der Waals surface area (Å²) in [6, 6.07) is 25.4. The van der Waals surface area contributed by atoms with Crippen molar-refractivity contribution in [2.45, 2.75) is 27.7 Å². The largest absolute Gasteiger partial charge is 0.504 e. The topological polar surface area (TPSA) is 55.7 Å². The van der Waals surface area contributed by atoms with Crippen LogP contribution in [0.1, 0.15) is 36.1 Å². The molecule has 0 aliphatic heterocycles. The Morgan fingerprint density at radius 1 is 0.625 bits per heavy atom. The molecule has 0 saturated carbocycles. The summed E-state index contributed by atoms with van der Waals surface area (Å²) in [4.78, 5) is 0. The van der Waals surface area contributed by atoms with Gasteiger partial charge < -0.3 is 18.7 Å². The van der Waals surface area contributed by atoms with Gasteiger partial charge in [0.05, 0.1) is 0 Å². The van der Waals surface area contributed by atoms with Gasteiger partial charge in [-0.2, -0.15) is 0 Å². The highest BCUT2D eigenvalue weighted by atomic mass is 16.5. The number of phenols is 1. The number of allylic oxidation sites excluding steroid dienone is 2. The lowest BCUT2D eigenvalue weighted by Crippen LogP contribution is -1.87. The van der Waals surface area contributed by atoms with Crippen LogP contribution in [0.2, 0.25) is 0 Å². The number of ether oxygens (including phenoxy) is 1. The normalized spacial score (nSPS) is 11.9. The van der Waals surface area contributed by atoms with E-state index in [1.807, 2.05) is 87.5 Å². The zero-order chi connectivity index (χ0) is 27.8. The maximum Gasteiger partial charge on any atom is 0.169 e. The highest BCUT2D eigenvalue weighted by Gasteiger charge is 2.16. The van der Waals surface area contributed by atoms with Crippen molar-refractivity contribution in [3.63, 3.8) is 0 Å². The first-order chi connectivity index (χ1) is 19.4. The van der Waals surface area contributed by atoms with Gasteiger partial charge in [-0.05, 0) is 106 Å². The van der Waals surface area contributed by atoms with E-state index in [0.29, 0.717) is 11.5 Å². The Hall–Kier alpha value is -4.96. The van der Waals surface area contributed by atoms with Crippen LogP contribution in [0.5, 0.6) is 17.2 Å². The Morgan fingerprint density at radius 3 is 1.70 bits per heavy atom. The molecule has 0 atom stereocenters. The van der Waals surface area contributed by atoms with Crippen LogP contribution in [0.3, 0.4) is 0 Å². The predicted octanol–water partition coefficient (Wildman–Crippen LogP) is 10.7. The van der Waals surface area contributed by atoms with E-state index >= 15 is 0 Å². The van der Waals surface area contributed by atoms with Crippen molar-refractivity contribution in [2.24, 2.45) is 0 Å². The van der Waals surface area contributed by atoms with Crippen LogP contribution >= 0.6 is 0 Å². The fourth-order valence-corrected chi connectivity index (χ4v) is 5.16. The summed E-state index contributed by atoms with van der Waals surface area (Å²) in [5.74, 6) is 2.61. The van der Waals surface area contributed by atoms with Crippen molar-refractivity contribution in [1.82, 2.24) is 0 Å². The van der Waals surface area contributed by atoms with Crippen LogP contribution in [0.25, 0.3) is 56.7 Å². The standard InChI is InChI=1S/C36H30O4/c1-5-7-24-9-17-32-29(19-24)22(3)35(39-32)26-11-14-28(15-12-26)38-34-21-27(13-16-31(34)37)36-23(4)30-20-25(8-6-2)10-18-33(30)40-36/h5-21,37H,1-4H3. The minimum Gasteiger partial charge on any atom is -0.504 e. The number of phenolic OH excluding ortho intramolecular Hbond substituents is 1. The first-order valence-corrected chi connectivity index (χ1v) is 13.4. The van der Waals surface area contributed by atoms with Crippen molar-refractivity contribution >= 4 is 34.1 Å². The summed E-state index contributed by atoms with van der Waals surface area (Å²) in [7, 11) is 0. The molecule has 4 aromatic carbocycles. The molecule has 198 valence electrons. The van der Waals surface area contributed by atoms with E-state index in [9.17, 15) is 5.11 Å². The van der Waals surface area contributed by atoms with Gasteiger partial charge in [0.1, 0.15) is 28.4 Å². The number of furan rings is 2. The summed E-state index contributed by atoms with van der Waals surface area (Å²) >= 11 is 0. The lowest BCUT2D eigenvalue weighted by atomic mass is 10.0. The van der Waals surface area contributed by atoms with Crippen molar-refractivity contribution in [3.05, 3.63) is 113 Å². The number of hydrogen-bond donors (Lipinski definition) is 1. The number of benzene rings is 4. The molecule has 1 N–H and O–H groups in total. The third-order valence-corrected chi connectivity index (χ3v) is 7.21. The Morgan fingerprint density at radius 2 is 1.15 bits per heavy atom. The van der Waals surface area contributed by atoms with Gasteiger partial charge in [0.2, 0.25) is 0 Å². The van der Waals surface area contributed by atoms with Crippen molar-refractivity contribution in [2.75, 3.05) is 0 Å². The van der Waals surface area contributed by atoms with Crippen LogP contribution in [-0.4, -0.2) is 5.11 Å². The Labute approximate surface area is 233 Å². The quantitative estimate of drug-likeness (QED) is 0.234. The molecule has 0 fully saturated rings. The van der Waals surface area contributed by atoms with E-state index < -0.39 is 0 Å². The molecule has 2 heterocycles. The third kappa shape index (κ3) is 4.58. The van der Waals surface area contributed by atoms with Gasteiger partial charge >= 0.3 is 0 Å². The fraction of sp³-hybridized carbons (Fsp3) is 0.111. The average Bonchev–Trinajstić information content (AvgIpc) is 3.47. The number of fused-ring (bicyclic) bond motifs is 2. The third-order valence-electron chi connectivity index (χ3n) is 7.21. The van der Waals surface area contributed by atoms with Gasteiger partial charge in [-0.3, -0.25) is 0 Å². The van der Waals surface area contributed by atoms with Gasteiger partial charge in [0.25, 0.3) is 0 Å². The summed E-state index contributed by atoms with van der Waals surface area (Å²) < 4.78 is 18.5. The molecule has 0 unspecified atom stereocenters. The molecule has 6 rings (SSSR count). The molecule has 0 aliphatic carbocycles. The number of aromatic hydroxyl groups is 1. The number of rotatable bonds is 6. The molecule has 0 aliphatic rings. The van der Waals surface area contributed by atoms with E-state index in [2.05, 4.69) is 37.3 Å². The van der Waals surface area contributed by atoms with Crippen molar-refractivity contribution in [3.8, 4) is 39.9 Å². The maximum atomic E-state index is 10.6. The summed E-state index contributed by atoms with van der Waals surface area (Å²) in [5, 5.41) is 12.7. The monoisotopic (exact) mass is 526 g/mol. The van der Waals surface area contributed by atoms with E-state index in [1.165, 1.54) is 0 Å². The molecule has 0 amide bonds. The van der Waals surface area contributed by atoms with Gasteiger partial charge in [-0.25, -0.2) is 0 Å². The van der Waals surface area contributed by atoms with Crippen LogP contribution in [-0.2, 0) is 0 Å². The van der Waals surface area contributed by atoms with Gasteiger partial charge in [-0.15, -0.1) is 0 Å². The highest BCUT2D eigenvalue weighted by Crippen LogP contribution is 2.40. The molecule has 0 radical (unpaired) electrons. The molecular weight excluding hydrogens is 496 g/mol. The second-order valence-electron chi connectivity index (χ2n) is 9.93. The van der Waals surface area contributed by atoms with Crippen molar-refractivity contribution in [1.29, 1.82) is 0 Å². The molecular formula is C36H30O4. The van der Waals surface area contributed by atoms with Gasteiger partial charge in [0, 0.05) is 33.0 Å². The first-order valence-electron chi connectivity index (χ1n) is 13.4. The summed E-state index contributed by atoms with van der Waals surface area (Å²) in [6.45, 7) is 8.15. The Kier molecular flexibility index (Phi) is 6.53. The van der Waals surface area contributed by atoms with Gasteiger partial charge in [-0.1, -0.05) is 36.4 Å². The average molecular weight is 527 g/mol. The van der Waals surface area contributed by atoms with Crippen LogP contribution in [0, 0.1) is 13.8 Å². The molecule has 0 saturated heterocycles. The second-order valence-corrected chi connectivity index (χ2v) is 9.93. The zero-order valence-electron chi connectivity index (χ0n) is 23.0.